The fraction of sp³-hybridized carbons (Fsp3) is 0.714. The van der Waals surface area contributed by atoms with Crippen molar-refractivity contribution in [2.45, 2.75) is 77.2 Å². The smallest absolute Gasteiger partial charge is 0.0342 e. The molecule has 2 saturated carbocycles. The highest BCUT2D eigenvalue weighted by Crippen LogP contribution is 2.42. The first-order valence-corrected chi connectivity index (χ1v) is 9.62. The third-order valence-corrected chi connectivity index (χ3v) is 6.27. The Kier molecular flexibility index (Phi) is 5.31. The van der Waals surface area contributed by atoms with E-state index in [0.29, 0.717) is 11.5 Å². The first kappa shape index (κ1) is 16.8. The highest BCUT2D eigenvalue weighted by atomic mass is 14.9. The van der Waals surface area contributed by atoms with E-state index in [2.05, 4.69) is 43.4 Å². The minimum absolute atomic E-state index is 0.556. The predicted octanol–water partition coefficient (Wildman–Crippen LogP) is 5.30. The molecular weight excluding hydrogens is 280 g/mol. The zero-order valence-electron chi connectivity index (χ0n) is 15.0. The molecule has 0 heterocycles. The fourth-order valence-electron chi connectivity index (χ4n) is 4.36. The van der Waals surface area contributed by atoms with Crippen molar-refractivity contribution >= 4 is 5.69 Å². The summed E-state index contributed by atoms with van der Waals surface area (Å²) in [6.45, 7) is 5.69. The lowest BCUT2D eigenvalue weighted by atomic mass is 9.71. The minimum atomic E-state index is 0.556. The van der Waals surface area contributed by atoms with Crippen LogP contribution in [-0.4, -0.2) is 12.6 Å². The topological polar surface area (TPSA) is 38.0 Å². The Morgan fingerprint density at radius 2 is 1.57 bits per heavy atom. The summed E-state index contributed by atoms with van der Waals surface area (Å²) in [6, 6.07) is 9.95. The highest BCUT2D eigenvalue weighted by molar-refractivity contribution is 5.46. The number of nitrogens with two attached hydrogens (primary N) is 1. The van der Waals surface area contributed by atoms with Gasteiger partial charge in [-0.15, -0.1) is 0 Å². The van der Waals surface area contributed by atoms with Crippen molar-refractivity contribution in [3.63, 3.8) is 0 Å². The lowest BCUT2D eigenvalue weighted by molar-refractivity contribution is 0.224. The molecule has 2 fully saturated rings. The third-order valence-electron chi connectivity index (χ3n) is 6.27. The molecule has 0 spiro atoms. The first-order chi connectivity index (χ1) is 11.1. The van der Waals surface area contributed by atoms with Gasteiger partial charge >= 0.3 is 0 Å². The first-order valence-electron chi connectivity index (χ1n) is 9.62. The molecule has 2 nitrogen and oxygen atoms in total. The molecule has 1 aromatic rings. The van der Waals surface area contributed by atoms with Crippen LogP contribution in [0.3, 0.4) is 0 Å². The number of benzene rings is 1. The Balaban J connectivity index is 1.52. The molecule has 2 aliphatic rings. The van der Waals surface area contributed by atoms with Gasteiger partial charge < -0.3 is 11.1 Å². The van der Waals surface area contributed by atoms with Crippen molar-refractivity contribution in [3.05, 3.63) is 29.8 Å². The average molecular weight is 315 g/mol. The number of hydrogen-bond acceptors (Lipinski definition) is 2. The molecule has 0 radical (unpaired) electrons. The zero-order valence-corrected chi connectivity index (χ0v) is 15.0. The van der Waals surface area contributed by atoms with E-state index >= 15 is 0 Å². The summed E-state index contributed by atoms with van der Waals surface area (Å²) in [5, 5.41) is 3.73. The van der Waals surface area contributed by atoms with E-state index < -0.39 is 0 Å². The molecule has 3 rings (SSSR count). The summed E-state index contributed by atoms with van der Waals surface area (Å²) in [6.07, 6.45) is 10.5. The van der Waals surface area contributed by atoms with Gasteiger partial charge in [-0.3, -0.25) is 0 Å². The van der Waals surface area contributed by atoms with E-state index in [9.17, 15) is 0 Å². The van der Waals surface area contributed by atoms with Crippen LogP contribution in [0.25, 0.3) is 0 Å². The van der Waals surface area contributed by atoms with Crippen molar-refractivity contribution in [2.75, 3.05) is 11.9 Å². The summed E-state index contributed by atoms with van der Waals surface area (Å²) in [5.41, 5.74) is 9.17. The maximum absolute atomic E-state index is 5.79. The fourth-order valence-corrected chi connectivity index (χ4v) is 4.36. The van der Waals surface area contributed by atoms with Gasteiger partial charge in [0.1, 0.15) is 0 Å². The molecule has 0 unspecified atom stereocenters. The molecule has 0 aliphatic heterocycles. The monoisotopic (exact) mass is 314 g/mol. The molecule has 3 N–H and O–H groups in total. The van der Waals surface area contributed by atoms with Gasteiger partial charge in [-0.25, -0.2) is 0 Å². The van der Waals surface area contributed by atoms with Crippen molar-refractivity contribution in [1.82, 2.24) is 0 Å². The van der Waals surface area contributed by atoms with Crippen LogP contribution >= 0.6 is 0 Å². The van der Waals surface area contributed by atoms with Crippen LogP contribution in [0.2, 0.25) is 0 Å². The van der Waals surface area contributed by atoms with Gasteiger partial charge in [0.15, 0.2) is 0 Å². The maximum Gasteiger partial charge on any atom is 0.0342 e. The molecule has 0 bridgehead atoms. The standard InChI is InChI=1S/C21H34N2/c1-21(2)13-11-18(12-14-21)17-5-9-20(10-6-17)23-19-7-3-16(15-22)4-8-19/h5-6,9-10,16,18-19,23H,3-4,7-8,11-15,22H2,1-2H3. The lowest BCUT2D eigenvalue weighted by Gasteiger charge is -2.34. The summed E-state index contributed by atoms with van der Waals surface area (Å²) >= 11 is 0. The van der Waals surface area contributed by atoms with Crippen molar-refractivity contribution in [2.24, 2.45) is 17.1 Å². The van der Waals surface area contributed by atoms with Crippen LogP contribution in [-0.2, 0) is 0 Å². The Bertz CT molecular complexity index is 473. The molecular formula is C21H34N2. The highest BCUT2D eigenvalue weighted by Gasteiger charge is 2.27. The van der Waals surface area contributed by atoms with Gasteiger partial charge in [0.25, 0.3) is 0 Å². The second-order valence-corrected chi connectivity index (χ2v) is 8.66. The van der Waals surface area contributed by atoms with Gasteiger partial charge in [0.05, 0.1) is 0 Å². The summed E-state index contributed by atoms with van der Waals surface area (Å²) in [5.74, 6) is 1.53. The number of nitrogens with one attached hydrogen (secondary N) is 1. The minimum Gasteiger partial charge on any atom is -0.382 e. The van der Waals surface area contributed by atoms with E-state index in [4.69, 9.17) is 5.73 Å². The molecule has 2 heteroatoms. The Morgan fingerprint density at radius 3 is 2.13 bits per heavy atom. The quantitative estimate of drug-likeness (QED) is 0.791. The molecule has 1 aromatic carbocycles. The van der Waals surface area contributed by atoms with Crippen LogP contribution in [0.15, 0.2) is 24.3 Å². The summed E-state index contributed by atoms with van der Waals surface area (Å²) in [4.78, 5) is 0. The van der Waals surface area contributed by atoms with E-state index in [1.165, 1.54) is 62.6 Å². The van der Waals surface area contributed by atoms with Crippen LogP contribution in [0.1, 0.15) is 76.7 Å². The van der Waals surface area contributed by atoms with Gasteiger partial charge in [-0.1, -0.05) is 26.0 Å². The van der Waals surface area contributed by atoms with E-state index in [1.54, 1.807) is 0 Å². The van der Waals surface area contributed by atoms with Crippen LogP contribution < -0.4 is 11.1 Å². The van der Waals surface area contributed by atoms with E-state index in [0.717, 1.165) is 18.4 Å². The van der Waals surface area contributed by atoms with Gasteiger partial charge in [0.2, 0.25) is 0 Å². The van der Waals surface area contributed by atoms with Crippen LogP contribution in [0, 0.1) is 11.3 Å². The van der Waals surface area contributed by atoms with E-state index in [-0.39, 0.29) is 0 Å². The van der Waals surface area contributed by atoms with Crippen LogP contribution in [0.5, 0.6) is 0 Å². The molecule has 0 atom stereocenters. The molecule has 128 valence electrons. The second-order valence-electron chi connectivity index (χ2n) is 8.66. The van der Waals surface area contributed by atoms with Gasteiger partial charge in [-0.2, -0.15) is 0 Å². The average Bonchev–Trinajstić information content (AvgIpc) is 2.56. The molecule has 0 aromatic heterocycles. The zero-order chi connectivity index (χ0) is 16.3. The largest absolute Gasteiger partial charge is 0.382 e. The number of rotatable bonds is 4. The van der Waals surface area contributed by atoms with Gasteiger partial charge in [-0.05, 0) is 92.9 Å². The summed E-state index contributed by atoms with van der Waals surface area (Å²) < 4.78 is 0. The molecule has 2 aliphatic carbocycles. The normalized spacial score (nSPS) is 28.5. The Morgan fingerprint density at radius 1 is 0.957 bits per heavy atom. The predicted molar refractivity (Wildman–Crippen MR) is 99.9 cm³/mol. The van der Waals surface area contributed by atoms with Crippen molar-refractivity contribution < 1.29 is 0 Å². The molecule has 23 heavy (non-hydrogen) atoms. The van der Waals surface area contributed by atoms with Crippen molar-refractivity contribution in [3.8, 4) is 0 Å². The summed E-state index contributed by atoms with van der Waals surface area (Å²) in [7, 11) is 0. The Labute approximate surface area is 142 Å². The van der Waals surface area contributed by atoms with Gasteiger partial charge in [0, 0.05) is 11.7 Å². The molecule has 0 amide bonds. The lowest BCUT2D eigenvalue weighted by Crippen LogP contribution is -2.29. The maximum atomic E-state index is 5.79. The number of anilines is 1. The SMILES string of the molecule is CC1(C)CCC(c2ccc(NC3CCC(CN)CC3)cc2)CC1. The Hall–Kier alpha value is -1.02. The van der Waals surface area contributed by atoms with Crippen LogP contribution in [0.4, 0.5) is 5.69 Å². The van der Waals surface area contributed by atoms with Crippen molar-refractivity contribution in [1.29, 1.82) is 0 Å². The van der Waals surface area contributed by atoms with E-state index in [1.807, 2.05) is 0 Å². The second kappa shape index (κ2) is 7.25. The third kappa shape index (κ3) is 4.50. The number of hydrogen-bond donors (Lipinski definition) is 2. The molecule has 0 saturated heterocycles.